The first-order valence-electron chi connectivity index (χ1n) is 12.7. The second-order valence-corrected chi connectivity index (χ2v) is 8.75. The summed E-state index contributed by atoms with van der Waals surface area (Å²) in [5.74, 6) is -1.82. The molecule has 2 aromatic carbocycles. The molecular formula is C29H41N3O4. The number of carboxylic acids is 1. The highest BCUT2D eigenvalue weighted by Gasteiger charge is 2.19. The molecule has 6 N–H and O–H groups in total. The molecule has 0 fully saturated rings. The van der Waals surface area contributed by atoms with Gasteiger partial charge in [-0.1, -0.05) is 106 Å². The molecule has 2 aromatic rings. The number of primary amides is 1. The monoisotopic (exact) mass is 495 g/mol. The largest absolute Gasteiger partial charge is 0.480 e. The fraction of sp³-hybridized carbons (Fsp3) is 0.414. The van der Waals surface area contributed by atoms with Gasteiger partial charge in [0.2, 0.25) is 11.8 Å². The van der Waals surface area contributed by atoms with Crippen molar-refractivity contribution in [1.82, 2.24) is 5.32 Å². The minimum atomic E-state index is -1.02. The second-order valence-electron chi connectivity index (χ2n) is 8.75. The van der Waals surface area contributed by atoms with E-state index >= 15 is 0 Å². The molecule has 36 heavy (non-hydrogen) atoms. The van der Waals surface area contributed by atoms with Gasteiger partial charge in [0.05, 0.1) is 6.04 Å². The smallest absolute Gasteiger partial charge is 0.326 e. The molecule has 0 saturated heterocycles. The number of aliphatic carboxylic acids is 1. The van der Waals surface area contributed by atoms with Crippen molar-refractivity contribution in [3.63, 3.8) is 0 Å². The van der Waals surface area contributed by atoms with Gasteiger partial charge in [0.15, 0.2) is 0 Å². The number of benzene rings is 2. The predicted molar refractivity (Wildman–Crippen MR) is 144 cm³/mol. The number of carbonyl (C=O) groups is 3. The minimum absolute atomic E-state index is 0.285. The molecular weight excluding hydrogens is 454 g/mol. The Hall–Kier alpha value is -3.45. The van der Waals surface area contributed by atoms with E-state index in [1.165, 1.54) is 38.2 Å². The molecule has 2 atom stereocenters. The van der Waals surface area contributed by atoms with Crippen LogP contribution in [0.1, 0.15) is 63.0 Å². The van der Waals surface area contributed by atoms with Crippen LogP contribution in [-0.4, -0.2) is 35.0 Å². The Morgan fingerprint density at radius 2 is 1.39 bits per heavy atom. The molecule has 0 aliphatic heterocycles. The summed E-state index contributed by atoms with van der Waals surface area (Å²) in [4.78, 5) is 33.8. The molecule has 0 bridgehead atoms. The lowest BCUT2D eigenvalue weighted by atomic mass is 10.1. The van der Waals surface area contributed by atoms with Gasteiger partial charge in [0.25, 0.3) is 0 Å². The van der Waals surface area contributed by atoms with Gasteiger partial charge in [0, 0.05) is 6.42 Å². The number of hydrogen-bond acceptors (Lipinski definition) is 4. The Balaban J connectivity index is 0.000000450. The molecule has 2 rings (SSSR count). The minimum Gasteiger partial charge on any atom is -0.480 e. The van der Waals surface area contributed by atoms with Crippen molar-refractivity contribution in [3.05, 3.63) is 83.9 Å². The Kier molecular flexibility index (Phi) is 16.0. The van der Waals surface area contributed by atoms with Crippen molar-refractivity contribution in [2.75, 3.05) is 0 Å². The zero-order chi connectivity index (χ0) is 26.6. The van der Waals surface area contributed by atoms with E-state index in [-0.39, 0.29) is 12.3 Å². The van der Waals surface area contributed by atoms with Gasteiger partial charge in [-0.2, -0.15) is 0 Å². The first kappa shape index (κ1) is 30.6. The number of amides is 2. The average Bonchev–Trinajstić information content (AvgIpc) is 2.87. The van der Waals surface area contributed by atoms with Crippen molar-refractivity contribution in [2.24, 2.45) is 11.5 Å². The predicted octanol–water partition coefficient (Wildman–Crippen LogP) is 4.15. The van der Waals surface area contributed by atoms with Crippen molar-refractivity contribution in [3.8, 4) is 0 Å². The number of nitrogens with one attached hydrogen (secondary N) is 1. The van der Waals surface area contributed by atoms with E-state index in [4.69, 9.17) is 11.5 Å². The summed E-state index contributed by atoms with van der Waals surface area (Å²) in [5, 5.41) is 11.8. The average molecular weight is 496 g/mol. The zero-order valence-electron chi connectivity index (χ0n) is 21.3. The topological polar surface area (TPSA) is 136 Å². The van der Waals surface area contributed by atoms with Gasteiger partial charge < -0.3 is 21.9 Å². The van der Waals surface area contributed by atoms with Crippen LogP contribution in [-0.2, 0) is 27.2 Å². The quantitative estimate of drug-likeness (QED) is 0.217. The van der Waals surface area contributed by atoms with E-state index in [9.17, 15) is 19.5 Å². The highest BCUT2D eigenvalue weighted by molar-refractivity contribution is 5.91. The van der Waals surface area contributed by atoms with E-state index in [2.05, 4.69) is 12.2 Å². The SMILES string of the molecule is CCCCCCCCC=CC(=O)N[C@@H](Cc1ccccc1)C(=O)O.NC(=O)[C@@H](N)Cc1ccccc1. The van der Waals surface area contributed by atoms with E-state index in [1.54, 1.807) is 0 Å². The zero-order valence-corrected chi connectivity index (χ0v) is 21.3. The molecule has 0 heterocycles. The number of unbranched alkanes of at least 4 members (excludes halogenated alkanes) is 6. The van der Waals surface area contributed by atoms with Crippen LogP contribution in [0.25, 0.3) is 0 Å². The fourth-order valence-corrected chi connectivity index (χ4v) is 3.47. The number of rotatable bonds is 15. The Morgan fingerprint density at radius 1 is 0.861 bits per heavy atom. The maximum absolute atomic E-state index is 11.9. The van der Waals surface area contributed by atoms with Crippen LogP contribution in [0.15, 0.2) is 72.8 Å². The van der Waals surface area contributed by atoms with Gasteiger partial charge in [0.1, 0.15) is 6.04 Å². The van der Waals surface area contributed by atoms with Gasteiger partial charge in [-0.25, -0.2) is 4.79 Å². The van der Waals surface area contributed by atoms with Crippen molar-refractivity contribution < 1.29 is 19.5 Å². The van der Waals surface area contributed by atoms with Gasteiger partial charge in [-0.15, -0.1) is 0 Å². The highest BCUT2D eigenvalue weighted by atomic mass is 16.4. The molecule has 0 aliphatic rings. The summed E-state index contributed by atoms with van der Waals surface area (Å²) < 4.78 is 0. The molecule has 7 nitrogen and oxygen atoms in total. The Bertz CT molecular complexity index is 917. The van der Waals surface area contributed by atoms with Crippen LogP contribution in [0.2, 0.25) is 0 Å². The van der Waals surface area contributed by atoms with Crippen LogP contribution >= 0.6 is 0 Å². The third-order valence-electron chi connectivity index (χ3n) is 5.55. The molecule has 0 radical (unpaired) electrons. The van der Waals surface area contributed by atoms with E-state index in [0.29, 0.717) is 6.42 Å². The van der Waals surface area contributed by atoms with E-state index < -0.39 is 24.0 Å². The molecule has 196 valence electrons. The molecule has 0 spiro atoms. The van der Waals surface area contributed by atoms with Crippen LogP contribution in [0.5, 0.6) is 0 Å². The Morgan fingerprint density at radius 3 is 1.92 bits per heavy atom. The molecule has 0 aromatic heterocycles. The second kappa shape index (κ2) is 18.8. The number of nitrogens with two attached hydrogens (primary N) is 2. The van der Waals surface area contributed by atoms with E-state index in [1.807, 2.05) is 66.7 Å². The van der Waals surface area contributed by atoms with Gasteiger partial charge in [-0.05, 0) is 36.5 Å². The molecule has 2 amide bonds. The summed E-state index contributed by atoms with van der Waals surface area (Å²) in [5.41, 5.74) is 12.4. The third kappa shape index (κ3) is 14.7. The van der Waals surface area contributed by atoms with E-state index in [0.717, 1.165) is 24.0 Å². The fourth-order valence-electron chi connectivity index (χ4n) is 3.47. The summed E-state index contributed by atoms with van der Waals surface area (Å²) in [7, 11) is 0. The number of carboxylic acid groups (broad SMARTS) is 1. The van der Waals surface area contributed by atoms with Gasteiger partial charge in [-0.3, -0.25) is 9.59 Å². The standard InChI is InChI=1S/C20H29NO3.C9H12N2O/c1-2-3-4-5-6-7-8-12-15-19(22)21-18(20(23)24)16-17-13-10-9-11-14-17;10-8(9(11)12)6-7-4-2-1-3-5-7/h9-15,18H,2-8,16H2,1H3,(H,21,22)(H,23,24);1-5,8H,6,10H2,(H2,11,12)/t18-;8-/m00/s1. The lowest BCUT2D eigenvalue weighted by Crippen LogP contribution is -2.41. The number of carbonyl (C=O) groups excluding carboxylic acids is 2. The van der Waals surface area contributed by atoms with Crippen molar-refractivity contribution in [1.29, 1.82) is 0 Å². The maximum atomic E-state index is 11.9. The normalized spacial score (nSPS) is 12.3. The Labute approximate surface area is 215 Å². The maximum Gasteiger partial charge on any atom is 0.326 e. The molecule has 0 saturated carbocycles. The first-order valence-corrected chi connectivity index (χ1v) is 12.7. The van der Waals surface area contributed by atoms with Crippen LogP contribution in [0, 0.1) is 0 Å². The van der Waals surface area contributed by atoms with Crippen molar-refractivity contribution >= 4 is 17.8 Å². The molecule has 0 aliphatic carbocycles. The number of hydrogen-bond donors (Lipinski definition) is 4. The van der Waals surface area contributed by atoms with Crippen LogP contribution < -0.4 is 16.8 Å². The lowest BCUT2D eigenvalue weighted by Gasteiger charge is -2.13. The summed E-state index contributed by atoms with van der Waals surface area (Å²) in [6.07, 6.45) is 12.2. The lowest BCUT2D eigenvalue weighted by molar-refractivity contribution is -0.141. The highest BCUT2D eigenvalue weighted by Crippen LogP contribution is 2.07. The molecule has 0 unspecified atom stereocenters. The molecule has 7 heteroatoms. The first-order chi connectivity index (χ1) is 17.3. The third-order valence-corrected chi connectivity index (χ3v) is 5.55. The summed E-state index contributed by atoms with van der Waals surface area (Å²) >= 11 is 0. The summed E-state index contributed by atoms with van der Waals surface area (Å²) in [6.45, 7) is 2.20. The van der Waals surface area contributed by atoms with Crippen LogP contribution in [0.3, 0.4) is 0 Å². The van der Waals surface area contributed by atoms with Crippen LogP contribution in [0.4, 0.5) is 0 Å². The number of allylic oxidation sites excluding steroid dienone is 1. The summed E-state index contributed by atoms with van der Waals surface area (Å²) in [6, 6.07) is 17.4. The van der Waals surface area contributed by atoms with Crippen molar-refractivity contribution in [2.45, 2.75) is 76.8 Å². The van der Waals surface area contributed by atoms with Gasteiger partial charge >= 0.3 is 5.97 Å².